The second kappa shape index (κ2) is 6.50. The molecule has 1 atom stereocenters. The van der Waals surface area contributed by atoms with Gasteiger partial charge in [-0.2, -0.15) is 0 Å². The number of carbonyl (C=O) groups is 1. The van der Waals surface area contributed by atoms with Gasteiger partial charge in [0, 0.05) is 18.7 Å². The molecule has 1 aliphatic rings. The zero-order valence-corrected chi connectivity index (χ0v) is 10.8. The van der Waals surface area contributed by atoms with Gasteiger partial charge in [0.2, 0.25) is 0 Å². The highest BCUT2D eigenvalue weighted by Crippen LogP contribution is 2.19. The number of carboxylic acids is 1. The standard InChI is InChI=1S/C15H19NO3/c17-11-14-2-1-9-16(14)10-13-5-3-12(4-6-13)7-8-15(18)19/h3-8,14,17H,1-2,9-11H2,(H,18,19). The van der Waals surface area contributed by atoms with Crippen LogP contribution in [0.5, 0.6) is 0 Å². The van der Waals surface area contributed by atoms with Gasteiger partial charge in [-0.1, -0.05) is 24.3 Å². The molecule has 1 unspecified atom stereocenters. The summed E-state index contributed by atoms with van der Waals surface area (Å²) < 4.78 is 0. The molecule has 0 amide bonds. The lowest BCUT2D eigenvalue weighted by Gasteiger charge is -2.22. The number of aliphatic hydroxyl groups excluding tert-OH is 1. The third-order valence-electron chi connectivity index (χ3n) is 3.49. The minimum atomic E-state index is -0.938. The highest BCUT2D eigenvalue weighted by Gasteiger charge is 2.23. The van der Waals surface area contributed by atoms with Gasteiger partial charge in [0.1, 0.15) is 0 Å². The average Bonchev–Trinajstić information content (AvgIpc) is 2.85. The van der Waals surface area contributed by atoms with Crippen LogP contribution in [0.3, 0.4) is 0 Å². The second-order valence-electron chi connectivity index (χ2n) is 4.86. The Morgan fingerprint density at radius 3 is 2.74 bits per heavy atom. The summed E-state index contributed by atoms with van der Waals surface area (Å²) in [6.07, 6.45) is 4.93. The fraction of sp³-hybridized carbons (Fsp3) is 0.400. The Morgan fingerprint density at radius 1 is 1.37 bits per heavy atom. The quantitative estimate of drug-likeness (QED) is 0.793. The number of benzene rings is 1. The predicted octanol–water partition coefficient (Wildman–Crippen LogP) is 1.74. The zero-order valence-electron chi connectivity index (χ0n) is 10.8. The van der Waals surface area contributed by atoms with E-state index in [2.05, 4.69) is 4.90 Å². The van der Waals surface area contributed by atoms with Crippen molar-refractivity contribution in [3.05, 3.63) is 41.5 Å². The van der Waals surface area contributed by atoms with Crippen LogP contribution in [-0.2, 0) is 11.3 Å². The topological polar surface area (TPSA) is 60.8 Å². The van der Waals surface area contributed by atoms with Crippen molar-refractivity contribution in [2.45, 2.75) is 25.4 Å². The van der Waals surface area contributed by atoms with E-state index in [0.717, 1.165) is 37.6 Å². The van der Waals surface area contributed by atoms with Crippen molar-refractivity contribution in [2.24, 2.45) is 0 Å². The first kappa shape index (κ1) is 13.8. The Balaban J connectivity index is 1.97. The van der Waals surface area contributed by atoms with Crippen LogP contribution < -0.4 is 0 Å². The largest absolute Gasteiger partial charge is 0.478 e. The maximum absolute atomic E-state index is 10.4. The molecule has 0 aliphatic carbocycles. The number of nitrogens with zero attached hydrogens (tertiary/aromatic N) is 1. The normalized spacial score (nSPS) is 20.2. The Kier molecular flexibility index (Phi) is 4.71. The lowest BCUT2D eigenvalue weighted by Crippen LogP contribution is -2.31. The molecule has 2 N–H and O–H groups in total. The predicted molar refractivity (Wildman–Crippen MR) is 73.6 cm³/mol. The van der Waals surface area contributed by atoms with E-state index in [1.165, 1.54) is 5.56 Å². The van der Waals surface area contributed by atoms with Crippen LogP contribution >= 0.6 is 0 Å². The fourth-order valence-electron chi connectivity index (χ4n) is 2.45. The van der Waals surface area contributed by atoms with E-state index in [1.54, 1.807) is 6.08 Å². The number of aliphatic hydroxyl groups is 1. The highest BCUT2D eigenvalue weighted by molar-refractivity contribution is 5.85. The van der Waals surface area contributed by atoms with E-state index in [-0.39, 0.29) is 12.6 Å². The van der Waals surface area contributed by atoms with Crippen molar-refractivity contribution in [1.82, 2.24) is 4.90 Å². The molecule has 19 heavy (non-hydrogen) atoms. The van der Waals surface area contributed by atoms with Gasteiger partial charge in [-0.05, 0) is 36.6 Å². The Morgan fingerprint density at radius 2 is 2.11 bits per heavy atom. The molecule has 0 bridgehead atoms. The molecule has 0 saturated carbocycles. The van der Waals surface area contributed by atoms with Gasteiger partial charge in [-0.15, -0.1) is 0 Å². The molecule has 4 nitrogen and oxygen atoms in total. The molecule has 1 aliphatic heterocycles. The van der Waals surface area contributed by atoms with Crippen LogP contribution in [0.2, 0.25) is 0 Å². The number of hydrogen-bond donors (Lipinski definition) is 2. The summed E-state index contributed by atoms with van der Waals surface area (Å²) in [5, 5.41) is 17.8. The first-order chi connectivity index (χ1) is 9.19. The molecule has 0 aromatic heterocycles. The molecule has 0 spiro atoms. The van der Waals surface area contributed by atoms with Gasteiger partial charge >= 0.3 is 5.97 Å². The maximum atomic E-state index is 10.4. The van der Waals surface area contributed by atoms with Gasteiger partial charge in [0.25, 0.3) is 0 Å². The van der Waals surface area contributed by atoms with Gasteiger partial charge in [-0.3, -0.25) is 4.90 Å². The van der Waals surface area contributed by atoms with Crippen LogP contribution in [0.15, 0.2) is 30.3 Å². The summed E-state index contributed by atoms with van der Waals surface area (Å²) >= 11 is 0. The summed E-state index contributed by atoms with van der Waals surface area (Å²) in [5.41, 5.74) is 2.07. The molecule has 1 aromatic rings. The van der Waals surface area contributed by atoms with Crippen LogP contribution in [-0.4, -0.2) is 40.3 Å². The van der Waals surface area contributed by atoms with E-state index in [4.69, 9.17) is 5.11 Å². The lowest BCUT2D eigenvalue weighted by atomic mass is 10.1. The van der Waals surface area contributed by atoms with E-state index in [1.807, 2.05) is 24.3 Å². The molecular weight excluding hydrogens is 242 g/mol. The number of rotatable bonds is 5. The number of aliphatic carboxylic acids is 1. The number of likely N-dealkylation sites (tertiary alicyclic amines) is 1. The third kappa shape index (κ3) is 3.91. The third-order valence-corrected chi connectivity index (χ3v) is 3.49. The SMILES string of the molecule is O=C(O)C=Cc1ccc(CN2CCCC2CO)cc1. The molecule has 1 saturated heterocycles. The molecule has 1 aromatic carbocycles. The maximum Gasteiger partial charge on any atom is 0.328 e. The van der Waals surface area contributed by atoms with Gasteiger partial charge in [0.05, 0.1) is 6.61 Å². The Labute approximate surface area is 113 Å². The van der Waals surface area contributed by atoms with E-state index in [9.17, 15) is 9.90 Å². The molecule has 4 heteroatoms. The molecule has 102 valence electrons. The van der Waals surface area contributed by atoms with Crippen LogP contribution in [0, 0.1) is 0 Å². The van der Waals surface area contributed by atoms with Gasteiger partial charge in [0.15, 0.2) is 0 Å². The van der Waals surface area contributed by atoms with Crippen molar-refractivity contribution in [1.29, 1.82) is 0 Å². The summed E-state index contributed by atoms with van der Waals surface area (Å²) in [7, 11) is 0. The summed E-state index contributed by atoms with van der Waals surface area (Å²) in [4.78, 5) is 12.7. The van der Waals surface area contributed by atoms with Gasteiger partial charge in [-0.25, -0.2) is 4.79 Å². The minimum absolute atomic E-state index is 0.222. The summed E-state index contributed by atoms with van der Waals surface area (Å²) in [6.45, 7) is 2.10. The van der Waals surface area contributed by atoms with Crippen molar-refractivity contribution in [3.8, 4) is 0 Å². The first-order valence-corrected chi connectivity index (χ1v) is 6.54. The van der Waals surface area contributed by atoms with Crippen LogP contribution in [0.4, 0.5) is 0 Å². The van der Waals surface area contributed by atoms with Crippen molar-refractivity contribution < 1.29 is 15.0 Å². The lowest BCUT2D eigenvalue weighted by molar-refractivity contribution is -0.131. The number of hydrogen-bond acceptors (Lipinski definition) is 3. The van der Waals surface area contributed by atoms with Crippen molar-refractivity contribution in [2.75, 3.05) is 13.2 Å². The fourth-order valence-corrected chi connectivity index (χ4v) is 2.45. The molecule has 1 heterocycles. The molecular formula is C15H19NO3. The monoisotopic (exact) mass is 261 g/mol. The zero-order chi connectivity index (χ0) is 13.7. The van der Waals surface area contributed by atoms with E-state index in [0.29, 0.717) is 0 Å². The summed E-state index contributed by atoms with van der Waals surface area (Å²) in [6, 6.07) is 8.13. The van der Waals surface area contributed by atoms with Gasteiger partial charge < -0.3 is 10.2 Å². The molecule has 0 radical (unpaired) electrons. The average molecular weight is 261 g/mol. The smallest absolute Gasteiger partial charge is 0.328 e. The molecule has 2 rings (SSSR count). The van der Waals surface area contributed by atoms with Crippen LogP contribution in [0.25, 0.3) is 6.08 Å². The molecule has 1 fully saturated rings. The Bertz CT molecular complexity index is 453. The second-order valence-corrected chi connectivity index (χ2v) is 4.86. The van der Waals surface area contributed by atoms with Crippen molar-refractivity contribution >= 4 is 12.0 Å². The van der Waals surface area contributed by atoms with E-state index >= 15 is 0 Å². The number of carboxylic acid groups (broad SMARTS) is 1. The highest BCUT2D eigenvalue weighted by atomic mass is 16.4. The first-order valence-electron chi connectivity index (χ1n) is 6.54. The van der Waals surface area contributed by atoms with E-state index < -0.39 is 5.97 Å². The minimum Gasteiger partial charge on any atom is -0.478 e. The van der Waals surface area contributed by atoms with Crippen LogP contribution in [0.1, 0.15) is 24.0 Å². The Hall–Kier alpha value is -1.65. The van der Waals surface area contributed by atoms with Crippen molar-refractivity contribution in [3.63, 3.8) is 0 Å². The summed E-state index contributed by atoms with van der Waals surface area (Å²) in [5.74, 6) is -0.938.